The number of alkyl halides is 2. The van der Waals surface area contributed by atoms with E-state index in [0.717, 1.165) is 38.2 Å². The largest absolute Gasteiger partial charge is 0.435 e. The third kappa shape index (κ3) is 3.84. The maximum absolute atomic E-state index is 12.4. The Balaban J connectivity index is 1.74. The molecule has 2 heterocycles. The second kappa shape index (κ2) is 8.00. The van der Waals surface area contributed by atoms with Crippen molar-refractivity contribution in [1.29, 1.82) is 0 Å². The van der Waals surface area contributed by atoms with Crippen LogP contribution in [-0.4, -0.2) is 29.5 Å². The van der Waals surface area contributed by atoms with Crippen LogP contribution in [0, 0.1) is 6.92 Å². The second-order valence-electron chi connectivity index (χ2n) is 6.30. The summed E-state index contributed by atoms with van der Waals surface area (Å²) < 4.78 is 30.9. The Morgan fingerprint density at radius 2 is 1.90 bits per heavy atom. The van der Waals surface area contributed by atoms with Crippen molar-refractivity contribution in [1.82, 2.24) is 9.66 Å². The Morgan fingerprint density at radius 1 is 1.14 bits per heavy atom. The SMILES string of the molecule is CN=c1scc(-c2ccc(OC(F)F)cc2)n1/N=C/c1c(C)[nH]c2ccccc12. The Hall–Kier alpha value is -3.26. The Bertz CT molecular complexity index is 1240. The van der Waals surface area contributed by atoms with Crippen molar-refractivity contribution in [3.63, 3.8) is 0 Å². The summed E-state index contributed by atoms with van der Waals surface area (Å²) in [5, 5.41) is 7.70. The first-order valence-corrected chi connectivity index (χ1v) is 9.75. The van der Waals surface area contributed by atoms with Crippen molar-refractivity contribution < 1.29 is 13.5 Å². The standard InChI is InChI=1S/C21H18F2N4OS/c1-13-17(16-5-3-4-6-18(16)26-13)11-25-27-19(12-29-21(27)24-2)14-7-9-15(10-8-14)28-20(22)23/h3-12,20,26H,1-2H3/b24-21?,25-11+. The molecule has 0 amide bonds. The van der Waals surface area contributed by atoms with Crippen LogP contribution in [0.25, 0.3) is 22.2 Å². The number of rotatable bonds is 5. The number of fused-ring (bicyclic) bond motifs is 1. The van der Waals surface area contributed by atoms with Gasteiger partial charge >= 0.3 is 6.61 Å². The molecule has 0 radical (unpaired) electrons. The van der Waals surface area contributed by atoms with Gasteiger partial charge in [0.2, 0.25) is 4.80 Å². The molecular formula is C21H18F2N4OS. The zero-order valence-corrected chi connectivity index (χ0v) is 16.6. The van der Waals surface area contributed by atoms with Crippen LogP contribution >= 0.6 is 11.3 Å². The predicted molar refractivity (Wildman–Crippen MR) is 112 cm³/mol. The summed E-state index contributed by atoms with van der Waals surface area (Å²) in [6, 6.07) is 14.5. The minimum atomic E-state index is -2.85. The van der Waals surface area contributed by atoms with Crippen molar-refractivity contribution in [2.24, 2.45) is 10.1 Å². The van der Waals surface area contributed by atoms with E-state index in [0.29, 0.717) is 0 Å². The number of nitrogens with zero attached hydrogens (tertiary/aromatic N) is 3. The highest BCUT2D eigenvalue weighted by Gasteiger charge is 2.10. The Morgan fingerprint density at radius 3 is 2.62 bits per heavy atom. The molecule has 0 unspecified atom stereocenters. The first-order valence-electron chi connectivity index (χ1n) is 8.87. The number of para-hydroxylation sites is 1. The molecule has 0 aliphatic rings. The number of H-pyrrole nitrogens is 1. The quantitative estimate of drug-likeness (QED) is 0.460. The molecule has 4 aromatic rings. The molecule has 0 saturated carbocycles. The number of aryl methyl sites for hydroxylation is 1. The van der Waals surface area contributed by atoms with Crippen LogP contribution in [0.15, 0.2) is 64.0 Å². The summed E-state index contributed by atoms with van der Waals surface area (Å²) in [5.74, 6) is 0.115. The molecule has 29 heavy (non-hydrogen) atoms. The predicted octanol–water partition coefficient (Wildman–Crippen LogP) is 5.02. The molecule has 1 N–H and O–H groups in total. The fraction of sp³-hybridized carbons (Fsp3) is 0.143. The van der Waals surface area contributed by atoms with Gasteiger partial charge < -0.3 is 9.72 Å². The zero-order valence-electron chi connectivity index (χ0n) is 15.8. The maximum atomic E-state index is 12.4. The summed E-state index contributed by atoms with van der Waals surface area (Å²) in [7, 11) is 1.71. The molecule has 0 spiro atoms. The first-order chi connectivity index (χ1) is 14.1. The number of hydrogen-bond acceptors (Lipinski definition) is 4. The minimum Gasteiger partial charge on any atom is -0.435 e. The monoisotopic (exact) mass is 412 g/mol. The van der Waals surface area contributed by atoms with Gasteiger partial charge in [-0.1, -0.05) is 18.2 Å². The van der Waals surface area contributed by atoms with E-state index in [2.05, 4.69) is 19.8 Å². The molecule has 8 heteroatoms. The lowest BCUT2D eigenvalue weighted by Gasteiger charge is -2.06. The first kappa shape index (κ1) is 19.1. The third-order valence-electron chi connectivity index (χ3n) is 4.50. The fourth-order valence-corrected chi connectivity index (χ4v) is 3.95. The Labute approximate surface area is 169 Å². The van der Waals surface area contributed by atoms with Gasteiger partial charge in [0, 0.05) is 40.2 Å². The number of ether oxygens (including phenoxy) is 1. The average Bonchev–Trinajstić information content (AvgIpc) is 3.26. The lowest BCUT2D eigenvalue weighted by atomic mass is 10.1. The highest BCUT2D eigenvalue weighted by molar-refractivity contribution is 7.07. The van der Waals surface area contributed by atoms with E-state index >= 15 is 0 Å². The lowest BCUT2D eigenvalue weighted by Crippen LogP contribution is -2.11. The van der Waals surface area contributed by atoms with Gasteiger partial charge in [-0.3, -0.25) is 4.99 Å². The fourth-order valence-electron chi connectivity index (χ4n) is 3.15. The van der Waals surface area contributed by atoms with Crippen LogP contribution in [-0.2, 0) is 0 Å². The third-order valence-corrected chi connectivity index (χ3v) is 5.41. The van der Waals surface area contributed by atoms with Crippen molar-refractivity contribution in [2.45, 2.75) is 13.5 Å². The molecular weight excluding hydrogens is 394 g/mol. The van der Waals surface area contributed by atoms with Gasteiger partial charge in [0.05, 0.1) is 11.9 Å². The Kier molecular flexibility index (Phi) is 5.26. The van der Waals surface area contributed by atoms with E-state index < -0.39 is 6.61 Å². The number of aromatic nitrogens is 2. The number of aromatic amines is 1. The van der Waals surface area contributed by atoms with E-state index in [-0.39, 0.29) is 5.75 Å². The molecule has 2 aromatic heterocycles. The molecule has 0 aliphatic heterocycles. The van der Waals surface area contributed by atoms with E-state index in [1.54, 1.807) is 23.9 Å². The van der Waals surface area contributed by atoms with Gasteiger partial charge in [-0.25, -0.2) is 4.68 Å². The molecule has 0 atom stereocenters. The van der Waals surface area contributed by atoms with Crippen LogP contribution in [0.4, 0.5) is 8.78 Å². The number of nitrogens with one attached hydrogen (secondary N) is 1. The highest BCUT2D eigenvalue weighted by Crippen LogP contribution is 2.25. The van der Waals surface area contributed by atoms with Gasteiger partial charge in [-0.15, -0.1) is 11.3 Å². The van der Waals surface area contributed by atoms with Crippen molar-refractivity contribution >= 4 is 28.5 Å². The summed E-state index contributed by atoms with van der Waals surface area (Å²) in [6.07, 6.45) is 1.81. The van der Waals surface area contributed by atoms with Crippen LogP contribution in [0.5, 0.6) is 5.75 Å². The van der Waals surface area contributed by atoms with Gasteiger partial charge in [-0.2, -0.15) is 13.9 Å². The number of hydrogen-bond donors (Lipinski definition) is 1. The van der Waals surface area contributed by atoms with Crippen molar-refractivity contribution in [3.8, 4) is 17.0 Å². The maximum Gasteiger partial charge on any atom is 0.387 e. The molecule has 4 rings (SSSR count). The summed E-state index contributed by atoms with van der Waals surface area (Å²) >= 11 is 1.45. The molecule has 0 aliphatic carbocycles. The average molecular weight is 412 g/mol. The normalized spacial score (nSPS) is 12.5. The minimum absolute atomic E-state index is 0.115. The van der Waals surface area contributed by atoms with E-state index in [9.17, 15) is 8.78 Å². The summed E-state index contributed by atoms with van der Waals surface area (Å²) in [6.45, 7) is -0.839. The number of halogens is 2. The van der Waals surface area contributed by atoms with Gasteiger partial charge in [0.25, 0.3) is 0 Å². The van der Waals surface area contributed by atoms with Crippen LogP contribution in [0.3, 0.4) is 0 Å². The molecule has 0 bridgehead atoms. The molecule has 2 aromatic carbocycles. The molecule has 5 nitrogen and oxygen atoms in total. The highest BCUT2D eigenvalue weighted by atomic mass is 32.1. The van der Waals surface area contributed by atoms with Crippen molar-refractivity contribution in [2.75, 3.05) is 7.05 Å². The van der Waals surface area contributed by atoms with Gasteiger partial charge in [0.15, 0.2) is 0 Å². The number of thiazole rings is 1. The molecule has 148 valence electrons. The van der Waals surface area contributed by atoms with Gasteiger partial charge in [-0.05, 0) is 37.3 Å². The zero-order chi connectivity index (χ0) is 20.4. The summed E-state index contributed by atoms with van der Waals surface area (Å²) in [5.41, 5.74) is 4.72. The second-order valence-corrected chi connectivity index (χ2v) is 7.13. The smallest absolute Gasteiger partial charge is 0.387 e. The van der Waals surface area contributed by atoms with E-state index in [1.165, 1.54) is 23.5 Å². The van der Waals surface area contributed by atoms with Crippen LogP contribution in [0.1, 0.15) is 11.3 Å². The number of benzene rings is 2. The van der Waals surface area contributed by atoms with Crippen molar-refractivity contribution in [3.05, 3.63) is 70.0 Å². The molecule has 0 fully saturated rings. The topological polar surface area (TPSA) is 54.7 Å². The van der Waals surface area contributed by atoms with Crippen LogP contribution < -0.4 is 9.54 Å². The van der Waals surface area contributed by atoms with Crippen LogP contribution in [0.2, 0.25) is 0 Å². The summed E-state index contributed by atoms with van der Waals surface area (Å²) in [4.78, 5) is 8.38. The molecule has 0 saturated heterocycles. The lowest BCUT2D eigenvalue weighted by molar-refractivity contribution is -0.0498. The van der Waals surface area contributed by atoms with E-state index in [4.69, 9.17) is 0 Å². The van der Waals surface area contributed by atoms with Gasteiger partial charge in [0.1, 0.15) is 5.75 Å². The van der Waals surface area contributed by atoms with E-state index in [1.807, 2.05) is 42.8 Å².